The number of anilines is 1. The zero-order valence-corrected chi connectivity index (χ0v) is 17.1. The van der Waals surface area contributed by atoms with Gasteiger partial charge in [0, 0.05) is 44.4 Å². The maximum atomic E-state index is 12.4. The monoisotopic (exact) mass is 397 g/mol. The molecule has 1 heterocycles. The van der Waals surface area contributed by atoms with Gasteiger partial charge in [-0.3, -0.25) is 15.0 Å². The van der Waals surface area contributed by atoms with E-state index in [0.717, 1.165) is 26.2 Å². The maximum absolute atomic E-state index is 12.4. The van der Waals surface area contributed by atoms with Crippen LogP contribution in [0.4, 0.5) is 11.4 Å². The molecule has 2 aromatic carbocycles. The van der Waals surface area contributed by atoms with Crippen molar-refractivity contribution in [3.8, 4) is 0 Å². The number of esters is 1. The van der Waals surface area contributed by atoms with Crippen molar-refractivity contribution in [1.29, 1.82) is 0 Å². The van der Waals surface area contributed by atoms with Gasteiger partial charge in [-0.2, -0.15) is 0 Å². The number of non-ortho nitro benzene ring substituents is 1. The van der Waals surface area contributed by atoms with Crippen LogP contribution >= 0.6 is 0 Å². The highest BCUT2D eigenvalue weighted by Gasteiger charge is 2.32. The average Bonchev–Trinajstić information content (AvgIpc) is 2.73. The van der Waals surface area contributed by atoms with Gasteiger partial charge in [-0.05, 0) is 17.5 Å². The van der Waals surface area contributed by atoms with Crippen molar-refractivity contribution in [2.45, 2.75) is 26.4 Å². The van der Waals surface area contributed by atoms with Crippen molar-refractivity contribution in [2.75, 3.05) is 31.6 Å². The first-order valence-electron chi connectivity index (χ1n) is 9.80. The van der Waals surface area contributed by atoms with Crippen LogP contribution in [0, 0.1) is 16.0 Å². The predicted molar refractivity (Wildman–Crippen MR) is 112 cm³/mol. The van der Waals surface area contributed by atoms with Crippen LogP contribution < -0.4 is 4.90 Å². The summed E-state index contributed by atoms with van der Waals surface area (Å²) in [6, 6.07) is 15.0. The Bertz CT molecular complexity index is 870. The van der Waals surface area contributed by atoms with Crippen LogP contribution in [0.5, 0.6) is 0 Å². The molecule has 0 spiro atoms. The third-order valence-electron chi connectivity index (χ3n) is 5.43. The number of carbonyl (C=O) groups excluding carboxylic acids is 1. The Hall–Kier alpha value is -2.93. The number of nitro benzene ring substituents is 1. The number of piperazine rings is 1. The maximum Gasteiger partial charge on any atom is 0.340 e. The molecular formula is C22H27N3O4. The second-order valence-electron chi connectivity index (χ2n) is 7.68. The van der Waals surface area contributed by atoms with Gasteiger partial charge in [0.25, 0.3) is 5.69 Å². The number of hydrogen-bond acceptors (Lipinski definition) is 6. The molecule has 29 heavy (non-hydrogen) atoms. The summed E-state index contributed by atoms with van der Waals surface area (Å²) in [5, 5.41) is 11.2. The Kier molecular flexibility index (Phi) is 6.49. The minimum Gasteiger partial charge on any atom is -0.465 e. The van der Waals surface area contributed by atoms with Gasteiger partial charge in [-0.25, -0.2) is 4.79 Å². The third-order valence-corrected chi connectivity index (χ3v) is 5.43. The van der Waals surface area contributed by atoms with E-state index in [1.54, 1.807) is 6.07 Å². The standard InChI is InChI=1S/C22H27N3O4/c1-16(2)21-15-23(14-17-7-5-4-6-8-17)11-12-24(21)20-10-9-18(25(27)28)13-19(20)22(26)29-3/h4-10,13,16,21H,11-12,14-15H2,1-3H3/t21-/m1/s1. The molecule has 154 valence electrons. The summed E-state index contributed by atoms with van der Waals surface area (Å²) >= 11 is 0. The van der Waals surface area contributed by atoms with E-state index in [4.69, 9.17) is 4.74 Å². The van der Waals surface area contributed by atoms with Gasteiger partial charge >= 0.3 is 5.97 Å². The molecule has 0 bridgehead atoms. The molecule has 0 aliphatic carbocycles. The first-order chi connectivity index (χ1) is 13.9. The Morgan fingerprint density at radius 2 is 1.93 bits per heavy atom. The topological polar surface area (TPSA) is 75.9 Å². The molecule has 7 nitrogen and oxygen atoms in total. The van der Waals surface area contributed by atoms with Crippen molar-refractivity contribution < 1.29 is 14.5 Å². The number of hydrogen-bond donors (Lipinski definition) is 0. The summed E-state index contributed by atoms with van der Waals surface area (Å²) in [4.78, 5) is 27.6. The van der Waals surface area contributed by atoms with Crippen LogP contribution in [0.2, 0.25) is 0 Å². The lowest BCUT2D eigenvalue weighted by molar-refractivity contribution is -0.384. The van der Waals surface area contributed by atoms with Crippen LogP contribution in [-0.2, 0) is 11.3 Å². The molecule has 2 aromatic rings. The van der Waals surface area contributed by atoms with E-state index in [0.29, 0.717) is 11.6 Å². The summed E-state index contributed by atoms with van der Waals surface area (Å²) in [6.45, 7) is 7.62. The number of nitro groups is 1. The van der Waals surface area contributed by atoms with E-state index in [2.05, 4.69) is 35.8 Å². The molecule has 1 atom stereocenters. The van der Waals surface area contributed by atoms with Gasteiger partial charge in [-0.15, -0.1) is 0 Å². The largest absolute Gasteiger partial charge is 0.465 e. The van der Waals surface area contributed by atoms with Crippen LogP contribution in [0.25, 0.3) is 0 Å². The number of nitrogens with zero attached hydrogens (tertiary/aromatic N) is 3. The van der Waals surface area contributed by atoms with E-state index in [1.807, 2.05) is 18.2 Å². The molecule has 3 rings (SSSR count). The van der Waals surface area contributed by atoms with Gasteiger partial charge in [-0.1, -0.05) is 44.2 Å². The fourth-order valence-electron chi connectivity index (χ4n) is 3.89. The second-order valence-corrected chi connectivity index (χ2v) is 7.68. The van der Waals surface area contributed by atoms with Gasteiger partial charge in [0.1, 0.15) is 0 Å². The van der Waals surface area contributed by atoms with Crippen LogP contribution in [0.3, 0.4) is 0 Å². The fraction of sp³-hybridized carbons (Fsp3) is 0.409. The van der Waals surface area contributed by atoms with Gasteiger partial charge < -0.3 is 9.64 Å². The molecule has 0 unspecified atom stereocenters. The molecule has 0 amide bonds. The molecule has 0 saturated carbocycles. The highest BCUT2D eigenvalue weighted by Crippen LogP contribution is 2.31. The first-order valence-corrected chi connectivity index (χ1v) is 9.80. The SMILES string of the molecule is COC(=O)c1cc([N+](=O)[O-])ccc1N1CCN(Cc2ccccc2)C[C@@H]1C(C)C. The number of ether oxygens (including phenoxy) is 1. The van der Waals surface area contributed by atoms with Crippen LogP contribution in [0.15, 0.2) is 48.5 Å². The Morgan fingerprint density at radius 1 is 1.21 bits per heavy atom. The number of methoxy groups -OCH3 is 1. The lowest BCUT2D eigenvalue weighted by Gasteiger charge is -2.45. The second kappa shape index (κ2) is 9.05. The van der Waals surface area contributed by atoms with Crippen molar-refractivity contribution in [1.82, 2.24) is 4.90 Å². The van der Waals surface area contributed by atoms with Crippen molar-refractivity contribution >= 4 is 17.3 Å². The molecule has 0 aromatic heterocycles. The van der Waals surface area contributed by atoms with Crippen LogP contribution in [0.1, 0.15) is 29.8 Å². The van der Waals surface area contributed by atoms with Gasteiger partial charge in [0.2, 0.25) is 0 Å². The van der Waals surface area contributed by atoms with E-state index < -0.39 is 10.9 Å². The number of carbonyl (C=O) groups is 1. The zero-order chi connectivity index (χ0) is 21.0. The summed E-state index contributed by atoms with van der Waals surface area (Å²) in [5.74, 6) is -0.216. The van der Waals surface area contributed by atoms with Crippen LogP contribution in [-0.4, -0.2) is 48.6 Å². The molecular weight excluding hydrogens is 370 g/mol. The molecule has 7 heteroatoms. The smallest absolute Gasteiger partial charge is 0.340 e. The summed E-state index contributed by atoms with van der Waals surface area (Å²) in [6.07, 6.45) is 0. The highest BCUT2D eigenvalue weighted by atomic mass is 16.6. The van der Waals surface area contributed by atoms with E-state index >= 15 is 0 Å². The quantitative estimate of drug-likeness (QED) is 0.420. The highest BCUT2D eigenvalue weighted by molar-refractivity contribution is 5.96. The molecule has 0 N–H and O–H groups in total. The summed E-state index contributed by atoms with van der Waals surface area (Å²) in [5.41, 5.74) is 2.09. The van der Waals surface area contributed by atoms with E-state index in [-0.39, 0.29) is 17.3 Å². The Morgan fingerprint density at radius 3 is 2.55 bits per heavy atom. The normalized spacial score (nSPS) is 17.4. The van der Waals surface area contributed by atoms with E-state index in [9.17, 15) is 14.9 Å². The number of rotatable bonds is 6. The third kappa shape index (κ3) is 4.74. The molecule has 1 aliphatic heterocycles. The number of benzene rings is 2. The van der Waals surface area contributed by atoms with Gasteiger partial charge in [0.15, 0.2) is 0 Å². The summed E-state index contributed by atoms with van der Waals surface area (Å²) in [7, 11) is 1.29. The minimum atomic E-state index is -0.557. The average molecular weight is 397 g/mol. The van der Waals surface area contributed by atoms with Crippen molar-refractivity contribution in [2.24, 2.45) is 5.92 Å². The molecule has 0 radical (unpaired) electrons. The fourth-order valence-corrected chi connectivity index (χ4v) is 3.89. The predicted octanol–water partition coefficient (Wildman–Crippen LogP) is 3.73. The molecule has 1 saturated heterocycles. The molecule has 1 aliphatic rings. The zero-order valence-electron chi connectivity index (χ0n) is 17.1. The summed E-state index contributed by atoms with van der Waals surface area (Å²) < 4.78 is 4.90. The Labute approximate surface area is 171 Å². The lowest BCUT2D eigenvalue weighted by Crippen LogP contribution is -2.55. The van der Waals surface area contributed by atoms with Crippen molar-refractivity contribution in [3.05, 3.63) is 69.8 Å². The first kappa shape index (κ1) is 20.8. The van der Waals surface area contributed by atoms with Gasteiger partial charge in [0.05, 0.1) is 23.3 Å². The molecule has 1 fully saturated rings. The minimum absolute atomic E-state index is 0.113. The van der Waals surface area contributed by atoms with Crippen molar-refractivity contribution in [3.63, 3.8) is 0 Å². The van der Waals surface area contributed by atoms with E-state index in [1.165, 1.54) is 24.8 Å². The Balaban J connectivity index is 1.88. The lowest BCUT2D eigenvalue weighted by atomic mass is 9.97.